The van der Waals surface area contributed by atoms with Crippen LogP contribution in [0.5, 0.6) is 0 Å². The highest BCUT2D eigenvalue weighted by Gasteiger charge is 2.03. The minimum atomic E-state index is 0.00972. The lowest BCUT2D eigenvalue weighted by Crippen LogP contribution is -2.27. The highest BCUT2D eigenvalue weighted by molar-refractivity contribution is 7.80. The fourth-order valence-electron chi connectivity index (χ4n) is 1.38. The Balaban J connectivity index is 2.20. The molecule has 0 saturated heterocycles. The second-order valence-electron chi connectivity index (χ2n) is 3.57. The van der Waals surface area contributed by atoms with Gasteiger partial charge in [0.2, 0.25) is 5.91 Å². The summed E-state index contributed by atoms with van der Waals surface area (Å²) >= 11 is 4.96. The second-order valence-corrected chi connectivity index (χ2v) is 4.02. The number of hydrogen-bond acceptors (Lipinski definition) is 3. The summed E-state index contributed by atoms with van der Waals surface area (Å²) in [5.74, 6) is 0.00972. The van der Waals surface area contributed by atoms with Gasteiger partial charge in [0, 0.05) is 13.0 Å². The predicted molar refractivity (Wildman–Crippen MR) is 72.0 cm³/mol. The zero-order valence-corrected chi connectivity index (χ0v) is 10.8. The van der Waals surface area contributed by atoms with Crippen molar-refractivity contribution in [3.63, 3.8) is 0 Å². The molecule has 4 heteroatoms. The van der Waals surface area contributed by atoms with E-state index in [4.69, 9.17) is 17.0 Å². The Hall–Kier alpha value is -1.42. The average molecular weight is 251 g/mol. The predicted octanol–water partition coefficient (Wildman–Crippen LogP) is 2.10. The molecule has 0 aromatic heterocycles. The summed E-state index contributed by atoms with van der Waals surface area (Å²) in [6.07, 6.45) is 0.992. The molecule has 0 atom stereocenters. The Morgan fingerprint density at radius 3 is 2.71 bits per heavy atom. The van der Waals surface area contributed by atoms with Crippen LogP contribution in [-0.4, -0.2) is 24.1 Å². The molecule has 17 heavy (non-hydrogen) atoms. The van der Waals surface area contributed by atoms with Gasteiger partial charge in [0.05, 0.1) is 13.0 Å². The lowest BCUT2D eigenvalue weighted by Gasteiger charge is -2.06. The molecule has 1 N–H and O–H groups in total. The van der Waals surface area contributed by atoms with Crippen molar-refractivity contribution in [2.75, 3.05) is 13.2 Å². The van der Waals surface area contributed by atoms with Crippen LogP contribution < -0.4 is 5.32 Å². The largest absolute Gasteiger partial charge is 0.487 e. The normalized spacial score (nSPS) is 9.71. The molecule has 0 unspecified atom stereocenters. The topological polar surface area (TPSA) is 38.3 Å². The molecule has 92 valence electrons. The van der Waals surface area contributed by atoms with Crippen molar-refractivity contribution in [1.29, 1.82) is 0 Å². The van der Waals surface area contributed by atoms with Crippen molar-refractivity contribution >= 4 is 23.2 Å². The van der Waals surface area contributed by atoms with E-state index in [-0.39, 0.29) is 5.91 Å². The van der Waals surface area contributed by atoms with Crippen LogP contribution in [0.1, 0.15) is 18.9 Å². The second kappa shape index (κ2) is 7.79. The molecular formula is C13H17NO2S. The summed E-state index contributed by atoms with van der Waals surface area (Å²) in [5.41, 5.74) is 1.01. The van der Waals surface area contributed by atoms with Gasteiger partial charge >= 0.3 is 0 Å². The van der Waals surface area contributed by atoms with Gasteiger partial charge in [0.25, 0.3) is 0 Å². The van der Waals surface area contributed by atoms with E-state index >= 15 is 0 Å². The minimum Gasteiger partial charge on any atom is -0.487 e. The number of amides is 1. The van der Waals surface area contributed by atoms with Crippen molar-refractivity contribution < 1.29 is 9.53 Å². The fourth-order valence-corrected chi connectivity index (χ4v) is 1.60. The van der Waals surface area contributed by atoms with Gasteiger partial charge in [-0.1, -0.05) is 30.3 Å². The van der Waals surface area contributed by atoms with Crippen molar-refractivity contribution in [2.45, 2.75) is 19.8 Å². The molecule has 0 fully saturated rings. The highest BCUT2D eigenvalue weighted by atomic mass is 32.1. The zero-order valence-electron chi connectivity index (χ0n) is 9.94. The first kappa shape index (κ1) is 13.6. The van der Waals surface area contributed by atoms with E-state index < -0.39 is 0 Å². The van der Waals surface area contributed by atoms with E-state index in [0.29, 0.717) is 31.0 Å². The number of rotatable bonds is 6. The molecule has 0 heterocycles. The Morgan fingerprint density at radius 1 is 1.35 bits per heavy atom. The van der Waals surface area contributed by atoms with E-state index in [1.807, 2.05) is 37.3 Å². The van der Waals surface area contributed by atoms with Crippen LogP contribution >= 0.6 is 12.2 Å². The smallest absolute Gasteiger partial charge is 0.224 e. The molecule has 0 aliphatic carbocycles. The van der Waals surface area contributed by atoms with E-state index in [2.05, 4.69) is 5.32 Å². The van der Waals surface area contributed by atoms with Crippen LogP contribution in [0.4, 0.5) is 0 Å². The van der Waals surface area contributed by atoms with Gasteiger partial charge in [0.1, 0.15) is 0 Å². The third-order valence-electron chi connectivity index (χ3n) is 2.16. The molecule has 3 nitrogen and oxygen atoms in total. The van der Waals surface area contributed by atoms with Crippen LogP contribution in [0, 0.1) is 0 Å². The molecule has 0 aliphatic heterocycles. The average Bonchev–Trinajstić information content (AvgIpc) is 2.30. The van der Waals surface area contributed by atoms with E-state index in [1.54, 1.807) is 0 Å². The molecule has 1 aromatic rings. The van der Waals surface area contributed by atoms with E-state index in [9.17, 15) is 4.79 Å². The van der Waals surface area contributed by atoms with Crippen LogP contribution in [0.25, 0.3) is 0 Å². The fraction of sp³-hybridized carbons (Fsp3) is 0.385. The molecule has 0 bridgehead atoms. The third-order valence-corrected chi connectivity index (χ3v) is 2.49. The summed E-state index contributed by atoms with van der Waals surface area (Å²) < 4.78 is 5.12. The molecular weight excluding hydrogens is 234 g/mol. The number of carbonyl (C=O) groups is 1. The van der Waals surface area contributed by atoms with Crippen LogP contribution in [-0.2, 0) is 16.0 Å². The summed E-state index contributed by atoms with van der Waals surface area (Å²) in [4.78, 5) is 11.6. The zero-order chi connectivity index (χ0) is 12.5. The maximum absolute atomic E-state index is 11.6. The first-order valence-electron chi connectivity index (χ1n) is 5.68. The van der Waals surface area contributed by atoms with Crippen LogP contribution in [0.2, 0.25) is 0 Å². The highest BCUT2D eigenvalue weighted by Crippen LogP contribution is 1.99. The Morgan fingerprint density at radius 2 is 2.06 bits per heavy atom. The number of carbonyl (C=O) groups excluding carboxylic acids is 1. The summed E-state index contributed by atoms with van der Waals surface area (Å²) in [7, 11) is 0. The molecule has 0 spiro atoms. The Labute approximate surface area is 107 Å². The summed E-state index contributed by atoms with van der Waals surface area (Å²) in [5, 5.41) is 3.36. The molecule has 0 aliphatic rings. The van der Waals surface area contributed by atoms with Gasteiger partial charge in [-0.3, -0.25) is 4.79 Å². The Kier molecular flexibility index (Phi) is 6.25. The van der Waals surface area contributed by atoms with E-state index in [1.165, 1.54) is 0 Å². The molecule has 1 aromatic carbocycles. The SMILES string of the molecule is CCOC(=S)CCNC(=O)Cc1ccccc1. The van der Waals surface area contributed by atoms with Crippen molar-refractivity contribution in [1.82, 2.24) is 5.32 Å². The van der Waals surface area contributed by atoms with Gasteiger partial charge < -0.3 is 10.1 Å². The lowest BCUT2D eigenvalue weighted by molar-refractivity contribution is -0.120. The number of thiocarbonyl (C=S) groups is 1. The number of ether oxygens (including phenoxy) is 1. The van der Waals surface area contributed by atoms with Gasteiger partial charge in [-0.2, -0.15) is 0 Å². The maximum atomic E-state index is 11.6. The molecule has 1 amide bonds. The standard InChI is InChI=1S/C13H17NO2S/c1-2-16-13(17)8-9-14-12(15)10-11-6-4-3-5-7-11/h3-7H,2,8-10H2,1H3,(H,14,15). The number of benzene rings is 1. The molecule has 0 radical (unpaired) electrons. The van der Waals surface area contributed by atoms with Crippen molar-refractivity contribution in [3.8, 4) is 0 Å². The first-order valence-corrected chi connectivity index (χ1v) is 6.09. The van der Waals surface area contributed by atoms with Crippen LogP contribution in [0.3, 0.4) is 0 Å². The monoisotopic (exact) mass is 251 g/mol. The third kappa shape index (κ3) is 6.02. The minimum absolute atomic E-state index is 0.00972. The quantitative estimate of drug-likeness (QED) is 0.787. The van der Waals surface area contributed by atoms with E-state index in [0.717, 1.165) is 5.56 Å². The van der Waals surface area contributed by atoms with Gasteiger partial charge in [-0.15, -0.1) is 0 Å². The van der Waals surface area contributed by atoms with Gasteiger partial charge in [0.15, 0.2) is 5.05 Å². The molecule has 0 saturated carbocycles. The van der Waals surface area contributed by atoms with Crippen molar-refractivity contribution in [3.05, 3.63) is 35.9 Å². The number of hydrogen-bond donors (Lipinski definition) is 1. The summed E-state index contributed by atoms with van der Waals surface area (Å²) in [6.45, 7) is 3.00. The summed E-state index contributed by atoms with van der Waals surface area (Å²) in [6, 6.07) is 9.65. The van der Waals surface area contributed by atoms with Gasteiger partial charge in [-0.05, 0) is 24.7 Å². The number of nitrogens with one attached hydrogen (secondary N) is 1. The maximum Gasteiger partial charge on any atom is 0.224 e. The van der Waals surface area contributed by atoms with Crippen LogP contribution in [0.15, 0.2) is 30.3 Å². The first-order chi connectivity index (χ1) is 8.22. The Bertz CT molecular complexity index is 365. The van der Waals surface area contributed by atoms with Crippen molar-refractivity contribution in [2.24, 2.45) is 0 Å². The molecule has 1 rings (SSSR count). The lowest BCUT2D eigenvalue weighted by atomic mass is 10.1. The van der Waals surface area contributed by atoms with Gasteiger partial charge in [-0.25, -0.2) is 0 Å².